The molecule has 1 heterocycles. The number of rotatable bonds is 6. The van der Waals surface area contributed by atoms with E-state index in [-0.39, 0.29) is 5.91 Å². The highest BCUT2D eigenvalue weighted by Crippen LogP contribution is 1.99. The molecule has 1 aromatic rings. The average molecular weight is 207 g/mol. The van der Waals surface area contributed by atoms with Crippen molar-refractivity contribution >= 4 is 5.91 Å². The Morgan fingerprint density at radius 3 is 2.87 bits per heavy atom. The summed E-state index contributed by atoms with van der Waals surface area (Å²) < 4.78 is 2.02. The number of hydrogen-bond donors (Lipinski definition) is 1. The second-order valence-corrected chi connectivity index (χ2v) is 3.76. The van der Waals surface area contributed by atoms with Gasteiger partial charge >= 0.3 is 0 Å². The number of carbonyl (C=O) groups is 1. The molecular weight excluding hydrogens is 188 g/mol. The number of aryl methyl sites for hydroxylation is 1. The van der Waals surface area contributed by atoms with E-state index in [9.17, 15) is 4.79 Å². The van der Waals surface area contributed by atoms with Crippen molar-refractivity contribution in [3.8, 4) is 0 Å². The second kappa shape index (κ2) is 6.17. The largest absolute Gasteiger partial charge is 0.365 e. The Labute approximate surface area is 90.9 Å². The average Bonchev–Trinajstić information content (AvgIpc) is 2.25. The lowest BCUT2D eigenvalue weighted by Gasteiger charge is -1.98. The maximum Gasteiger partial charge on any atom is 0.254 e. The summed E-state index contributed by atoms with van der Waals surface area (Å²) in [5.74, 6) is -0.363. The summed E-state index contributed by atoms with van der Waals surface area (Å²) in [7, 11) is 0. The van der Waals surface area contributed by atoms with Crippen molar-refractivity contribution in [3.63, 3.8) is 0 Å². The summed E-state index contributed by atoms with van der Waals surface area (Å²) in [6, 6.07) is 3.60. The van der Waals surface area contributed by atoms with Crippen LogP contribution in [-0.4, -0.2) is 5.91 Å². The van der Waals surface area contributed by atoms with Crippen LogP contribution in [0, 0.1) is 0 Å². The van der Waals surface area contributed by atoms with Crippen LogP contribution in [0.3, 0.4) is 0 Å². The number of hydrogen-bond acceptors (Lipinski definition) is 1. The highest BCUT2D eigenvalue weighted by Gasteiger charge is 2.06. The third kappa shape index (κ3) is 4.11. The van der Waals surface area contributed by atoms with Gasteiger partial charge in [-0.3, -0.25) is 4.79 Å². The summed E-state index contributed by atoms with van der Waals surface area (Å²) in [5.41, 5.74) is 5.78. The predicted molar refractivity (Wildman–Crippen MR) is 59.3 cm³/mol. The van der Waals surface area contributed by atoms with Gasteiger partial charge in [-0.2, -0.15) is 0 Å². The minimum atomic E-state index is -0.363. The van der Waals surface area contributed by atoms with Gasteiger partial charge in [-0.1, -0.05) is 19.8 Å². The molecule has 0 aliphatic heterocycles. The van der Waals surface area contributed by atoms with E-state index >= 15 is 0 Å². The molecule has 0 spiro atoms. The van der Waals surface area contributed by atoms with E-state index in [2.05, 4.69) is 6.92 Å². The summed E-state index contributed by atoms with van der Waals surface area (Å²) in [5, 5.41) is 0. The molecule has 0 radical (unpaired) electrons. The SMILES string of the molecule is CCCCCC[n+]1cccc(C(N)=O)c1. The molecule has 0 aromatic carbocycles. The van der Waals surface area contributed by atoms with E-state index in [0.29, 0.717) is 5.56 Å². The smallest absolute Gasteiger partial charge is 0.254 e. The number of carbonyl (C=O) groups excluding carboxylic acids is 1. The van der Waals surface area contributed by atoms with Gasteiger partial charge in [-0.25, -0.2) is 4.57 Å². The first-order valence-electron chi connectivity index (χ1n) is 5.53. The highest BCUT2D eigenvalue weighted by molar-refractivity contribution is 5.92. The predicted octanol–water partition coefficient (Wildman–Crippen LogP) is 1.65. The molecule has 0 aliphatic carbocycles. The van der Waals surface area contributed by atoms with Crippen molar-refractivity contribution in [2.45, 2.75) is 39.2 Å². The van der Waals surface area contributed by atoms with Crippen molar-refractivity contribution < 1.29 is 9.36 Å². The molecule has 1 rings (SSSR count). The Kier molecular flexibility index (Phi) is 4.81. The molecule has 0 saturated heterocycles. The van der Waals surface area contributed by atoms with Crippen LogP contribution in [0.25, 0.3) is 0 Å². The van der Waals surface area contributed by atoms with Crippen LogP contribution >= 0.6 is 0 Å². The fraction of sp³-hybridized carbons (Fsp3) is 0.500. The van der Waals surface area contributed by atoms with Crippen molar-refractivity contribution in [2.75, 3.05) is 0 Å². The first-order chi connectivity index (χ1) is 7.24. The fourth-order valence-electron chi connectivity index (χ4n) is 1.53. The van der Waals surface area contributed by atoms with E-state index < -0.39 is 0 Å². The van der Waals surface area contributed by atoms with Gasteiger partial charge in [0.1, 0.15) is 12.1 Å². The van der Waals surface area contributed by atoms with Crippen LogP contribution in [0.15, 0.2) is 24.5 Å². The molecule has 0 aliphatic rings. The molecule has 0 saturated carbocycles. The van der Waals surface area contributed by atoms with Crippen LogP contribution in [0.2, 0.25) is 0 Å². The topological polar surface area (TPSA) is 47.0 Å². The monoisotopic (exact) mass is 207 g/mol. The quantitative estimate of drug-likeness (QED) is 0.559. The van der Waals surface area contributed by atoms with Crippen LogP contribution in [0.4, 0.5) is 0 Å². The van der Waals surface area contributed by atoms with Gasteiger partial charge in [0.05, 0.1) is 0 Å². The van der Waals surface area contributed by atoms with Crippen molar-refractivity contribution in [1.29, 1.82) is 0 Å². The zero-order valence-electron chi connectivity index (χ0n) is 9.28. The molecule has 0 atom stereocenters. The molecule has 82 valence electrons. The third-order valence-electron chi connectivity index (χ3n) is 2.41. The molecule has 0 fully saturated rings. The Morgan fingerprint density at radius 2 is 2.20 bits per heavy atom. The standard InChI is InChI=1S/C12H18N2O/c1-2-3-4-5-8-14-9-6-7-11(10-14)12(13)15/h6-7,9-10H,2-5,8H2,1H3,(H-,13,15)/p+1. The first-order valence-corrected chi connectivity index (χ1v) is 5.53. The zero-order valence-corrected chi connectivity index (χ0v) is 9.28. The number of primary amides is 1. The Balaban J connectivity index is 2.47. The van der Waals surface area contributed by atoms with Gasteiger partial charge in [0.25, 0.3) is 5.91 Å². The normalized spacial score (nSPS) is 10.2. The lowest BCUT2D eigenvalue weighted by Crippen LogP contribution is -2.34. The van der Waals surface area contributed by atoms with Crippen molar-refractivity contribution in [3.05, 3.63) is 30.1 Å². The van der Waals surface area contributed by atoms with Gasteiger partial charge in [0.2, 0.25) is 0 Å². The van der Waals surface area contributed by atoms with Crippen molar-refractivity contribution in [2.24, 2.45) is 5.73 Å². The molecule has 1 amide bonds. The number of nitrogens with two attached hydrogens (primary N) is 1. The molecule has 15 heavy (non-hydrogen) atoms. The number of amides is 1. The first kappa shape index (κ1) is 11.7. The van der Waals surface area contributed by atoms with E-state index in [4.69, 9.17) is 5.73 Å². The van der Waals surface area contributed by atoms with Crippen LogP contribution in [0.5, 0.6) is 0 Å². The van der Waals surface area contributed by atoms with E-state index in [1.807, 2.05) is 23.0 Å². The van der Waals surface area contributed by atoms with Gasteiger partial charge in [-0.05, 0) is 12.5 Å². The summed E-state index contributed by atoms with van der Waals surface area (Å²) in [6.07, 6.45) is 8.69. The van der Waals surface area contributed by atoms with Crippen molar-refractivity contribution in [1.82, 2.24) is 0 Å². The number of pyridine rings is 1. The summed E-state index contributed by atoms with van der Waals surface area (Å²) in [6.45, 7) is 3.15. The molecule has 3 heteroatoms. The van der Waals surface area contributed by atoms with Crippen LogP contribution < -0.4 is 10.3 Å². The van der Waals surface area contributed by atoms with Gasteiger partial charge in [0, 0.05) is 12.5 Å². The molecule has 0 bridgehead atoms. The van der Waals surface area contributed by atoms with E-state index in [1.165, 1.54) is 19.3 Å². The van der Waals surface area contributed by atoms with E-state index in [1.54, 1.807) is 6.07 Å². The zero-order chi connectivity index (χ0) is 11.1. The number of aromatic nitrogens is 1. The molecule has 3 nitrogen and oxygen atoms in total. The Hall–Kier alpha value is -1.38. The maximum absolute atomic E-state index is 10.9. The summed E-state index contributed by atoms with van der Waals surface area (Å²) in [4.78, 5) is 10.9. The minimum absolute atomic E-state index is 0.363. The lowest BCUT2D eigenvalue weighted by atomic mass is 10.2. The fourth-order valence-corrected chi connectivity index (χ4v) is 1.53. The summed E-state index contributed by atoms with van der Waals surface area (Å²) >= 11 is 0. The van der Waals surface area contributed by atoms with Crippen LogP contribution in [-0.2, 0) is 6.54 Å². The molecule has 2 N–H and O–H groups in total. The molecular formula is C12H19N2O+. The number of unbranched alkanes of at least 4 members (excludes halogenated alkanes) is 3. The second-order valence-electron chi connectivity index (χ2n) is 3.76. The number of nitrogens with zero attached hydrogens (tertiary/aromatic N) is 1. The minimum Gasteiger partial charge on any atom is -0.365 e. The van der Waals surface area contributed by atoms with Gasteiger partial charge < -0.3 is 5.73 Å². The van der Waals surface area contributed by atoms with E-state index in [0.717, 1.165) is 13.0 Å². The van der Waals surface area contributed by atoms with Crippen LogP contribution in [0.1, 0.15) is 43.0 Å². The Morgan fingerprint density at radius 1 is 1.40 bits per heavy atom. The lowest BCUT2D eigenvalue weighted by molar-refractivity contribution is -0.697. The third-order valence-corrected chi connectivity index (χ3v) is 2.41. The molecule has 0 unspecified atom stereocenters. The van der Waals surface area contributed by atoms with Gasteiger partial charge in [-0.15, -0.1) is 0 Å². The van der Waals surface area contributed by atoms with Gasteiger partial charge in [0.15, 0.2) is 12.4 Å². The molecule has 1 aromatic heterocycles. The highest BCUT2D eigenvalue weighted by atomic mass is 16.1. The maximum atomic E-state index is 10.9. The Bertz CT molecular complexity index is 323.